The summed E-state index contributed by atoms with van der Waals surface area (Å²) < 4.78 is 75.6. The van der Waals surface area contributed by atoms with Crippen molar-refractivity contribution < 1.29 is 56.8 Å². The van der Waals surface area contributed by atoms with Crippen molar-refractivity contribution in [3.05, 3.63) is 176 Å². The van der Waals surface area contributed by atoms with Crippen LogP contribution in [-0.4, -0.2) is 119 Å². The predicted molar refractivity (Wildman–Crippen MR) is 373 cm³/mol. The summed E-state index contributed by atoms with van der Waals surface area (Å²) >= 11 is 0. The second-order valence-corrected chi connectivity index (χ2v) is 33.9. The van der Waals surface area contributed by atoms with Gasteiger partial charge in [-0.3, -0.25) is 0 Å². The summed E-state index contributed by atoms with van der Waals surface area (Å²) in [6.45, 7) is 46.6. The van der Waals surface area contributed by atoms with Gasteiger partial charge in [-0.05, 0) is 112 Å². The molecule has 2 unspecified atom stereocenters. The third kappa shape index (κ3) is 13.0. The maximum atomic E-state index is 7.75. The Morgan fingerprint density at radius 1 is 0.337 bits per heavy atom. The van der Waals surface area contributed by atoms with E-state index in [0.29, 0.717) is 98.9 Å². The van der Waals surface area contributed by atoms with Crippen LogP contribution in [-0.2, 0) is 61.9 Å². The molecule has 13 rings (SSSR count). The molecular weight excluding hydrogens is 1190 g/mol. The fraction of sp³-hybridized carbons (Fsp3) is 0.566. The minimum atomic E-state index is -0.645. The predicted octanol–water partition coefficient (Wildman–Crippen LogP) is 16.1. The first-order valence-corrected chi connectivity index (χ1v) is 35.1. The number of hydrogen-bond donors (Lipinski definition) is 0. The number of benzene rings is 6. The highest BCUT2D eigenvalue weighted by Gasteiger charge is 2.58. The molecule has 0 amide bonds. The van der Waals surface area contributed by atoms with E-state index in [4.69, 9.17) is 56.8 Å². The van der Waals surface area contributed by atoms with Crippen molar-refractivity contribution in [2.24, 2.45) is 32.5 Å². The van der Waals surface area contributed by atoms with Gasteiger partial charge in [0.2, 0.25) is 0 Å². The van der Waals surface area contributed by atoms with Gasteiger partial charge in [-0.25, -0.2) is 0 Å². The average Bonchev–Trinajstić information content (AvgIpc) is 1.50. The van der Waals surface area contributed by atoms with Crippen LogP contribution in [0.1, 0.15) is 178 Å². The Bertz CT molecular complexity index is 3730. The van der Waals surface area contributed by atoms with Gasteiger partial charge in [-0.1, -0.05) is 171 Å². The van der Waals surface area contributed by atoms with E-state index < -0.39 is 21.7 Å². The van der Waals surface area contributed by atoms with Crippen LogP contribution in [0.25, 0.3) is 0 Å². The summed E-state index contributed by atoms with van der Waals surface area (Å²) in [7, 11) is 0. The Hall–Kier alpha value is -6.12. The van der Waals surface area contributed by atoms with E-state index in [2.05, 4.69) is 219 Å². The smallest absolute Gasteiger partial charge is 0.127 e. The molecule has 95 heavy (non-hydrogen) atoms. The monoisotopic (exact) mass is 1290 g/mol. The second kappa shape index (κ2) is 25.0. The second-order valence-electron chi connectivity index (χ2n) is 33.9. The maximum absolute atomic E-state index is 7.75. The number of hydrogen-bond acceptors (Lipinski definition) is 12. The molecule has 0 bridgehead atoms. The van der Waals surface area contributed by atoms with Gasteiger partial charge in [0.05, 0.1) is 119 Å². The third-order valence-electron chi connectivity index (χ3n) is 22.9. The molecule has 510 valence electrons. The van der Waals surface area contributed by atoms with Gasteiger partial charge in [0.1, 0.15) is 34.5 Å². The van der Waals surface area contributed by atoms with Gasteiger partial charge in [0.25, 0.3) is 0 Å². The number of ether oxygens (including phenoxy) is 12. The van der Waals surface area contributed by atoms with Gasteiger partial charge in [0, 0.05) is 76.3 Å². The van der Waals surface area contributed by atoms with Crippen LogP contribution in [0.4, 0.5) is 0 Å². The lowest BCUT2D eigenvalue weighted by Crippen LogP contribution is -2.44. The molecule has 0 saturated carbocycles. The molecule has 6 aromatic carbocycles. The quantitative estimate of drug-likeness (QED) is 0.0428. The van der Waals surface area contributed by atoms with Crippen molar-refractivity contribution in [2.45, 2.75) is 150 Å². The molecule has 2 atom stereocenters. The van der Waals surface area contributed by atoms with E-state index in [0.717, 1.165) is 84.9 Å². The summed E-state index contributed by atoms with van der Waals surface area (Å²) in [5.74, 6) is 5.36. The summed E-state index contributed by atoms with van der Waals surface area (Å²) in [5.41, 5.74) is 10.9. The maximum Gasteiger partial charge on any atom is 0.127 e. The summed E-state index contributed by atoms with van der Waals surface area (Å²) in [4.78, 5) is 0. The molecule has 6 aliphatic heterocycles. The molecule has 0 radical (unpaired) electrons. The van der Waals surface area contributed by atoms with Gasteiger partial charge in [0.15, 0.2) is 0 Å². The van der Waals surface area contributed by atoms with E-state index in [1.165, 1.54) is 50.1 Å². The largest absolute Gasteiger partial charge is 0.493 e. The van der Waals surface area contributed by atoms with Crippen LogP contribution in [0, 0.1) is 32.5 Å². The molecule has 6 aromatic rings. The highest BCUT2D eigenvalue weighted by atomic mass is 16.5. The van der Waals surface area contributed by atoms with Crippen molar-refractivity contribution in [1.82, 2.24) is 0 Å². The molecule has 6 fully saturated rings. The molecule has 12 heteroatoms. The van der Waals surface area contributed by atoms with E-state index in [-0.39, 0.29) is 37.9 Å². The lowest BCUT2D eigenvalue weighted by Gasteiger charge is -2.40. The first kappa shape index (κ1) is 67.4. The van der Waals surface area contributed by atoms with Crippen LogP contribution in [0.2, 0.25) is 0 Å². The fourth-order valence-electron chi connectivity index (χ4n) is 14.9. The van der Waals surface area contributed by atoms with Crippen LogP contribution >= 0.6 is 0 Å². The highest BCUT2D eigenvalue weighted by molar-refractivity contribution is 5.77. The molecule has 0 aromatic heterocycles. The minimum Gasteiger partial charge on any atom is -0.493 e. The molecule has 0 N–H and O–H groups in total. The SMILES string of the molecule is CCC(C)(c1cc(C(C)(C)c2ccc(OCC3(C)COC3)cc2)ccc1OCC1(C)COC1)c1cc(C(C)(C)c2ccc(OCC3(C)COC3)cc2)c2c(c1OCC1(C)COC1)C2(CC)Cc1cc(C(C)(C)c2ccc(OCC3(C)COC3)cc2)ccc1OCC1(C)COC1. The van der Waals surface area contributed by atoms with Gasteiger partial charge < -0.3 is 56.8 Å². The molecule has 6 saturated heterocycles. The van der Waals surface area contributed by atoms with Crippen LogP contribution in [0.3, 0.4) is 0 Å². The van der Waals surface area contributed by atoms with Crippen molar-refractivity contribution in [3.63, 3.8) is 0 Å². The van der Waals surface area contributed by atoms with Crippen molar-refractivity contribution >= 4 is 0 Å². The van der Waals surface area contributed by atoms with Crippen LogP contribution in [0.5, 0.6) is 34.5 Å². The highest BCUT2D eigenvalue weighted by Crippen LogP contribution is 2.66. The molecule has 6 heterocycles. The Morgan fingerprint density at radius 2 is 0.674 bits per heavy atom. The van der Waals surface area contributed by atoms with Crippen molar-refractivity contribution in [3.8, 4) is 34.5 Å². The molecule has 1 aliphatic carbocycles. The zero-order valence-electron chi connectivity index (χ0n) is 59.7. The van der Waals surface area contributed by atoms with E-state index in [1.54, 1.807) is 0 Å². The van der Waals surface area contributed by atoms with Gasteiger partial charge >= 0.3 is 0 Å². The minimum absolute atomic E-state index is 0.0179. The zero-order valence-corrected chi connectivity index (χ0v) is 59.7. The van der Waals surface area contributed by atoms with Crippen LogP contribution in [0.15, 0.2) is 115 Å². The zero-order chi connectivity index (χ0) is 67.1. The first-order valence-electron chi connectivity index (χ1n) is 35.1. The fourth-order valence-corrected chi connectivity index (χ4v) is 14.9. The van der Waals surface area contributed by atoms with Crippen molar-refractivity contribution in [1.29, 1.82) is 0 Å². The van der Waals surface area contributed by atoms with E-state index in [9.17, 15) is 0 Å². The topological polar surface area (TPSA) is 111 Å². The average molecular weight is 1300 g/mol. The Labute approximate surface area is 566 Å². The first-order chi connectivity index (χ1) is 45.1. The Morgan fingerprint density at radius 3 is 1.04 bits per heavy atom. The number of rotatable bonds is 30. The summed E-state index contributed by atoms with van der Waals surface area (Å²) in [6, 6.07) is 42.8. The lowest BCUT2D eigenvalue weighted by atomic mass is 9.69. The Balaban J connectivity index is 0.954. The molecule has 7 aliphatic rings. The standard InChI is InChI=1S/C83H106O12/c1-16-82(15,65-35-61(25-33-69(65)94-54-80(13)46-88-47-80)74(5,6)58-20-28-63(29-21-58)91-51-77(10)40-85-41-77)67-36-66(75(7,8)59-22-30-64(31-23-59)92-52-78(11)42-86-43-78)70-71(72(67)95-55-81(14)48-89-49-81)83(70,17-2)37-56-34-60(24-32-68(56)93-53-79(12)44-87-45-79)73(3,4)57-18-26-62(27-19-57)90-50-76(9)38-84-39-76/h18-36H,16-17,37-55H2,1-15H3. The van der Waals surface area contributed by atoms with Crippen LogP contribution < -0.4 is 28.4 Å². The molecule has 0 spiro atoms. The summed E-state index contributed by atoms with van der Waals surface area (Å²) in [5, 5.41) is 0. The van der Waals surface area contributed by atoms with Crippen molar-refractivity contribution in [2.75, 3.05) is 119 Å². The Kier molecular flexibility index (Phi) is 17.8. The van der Waals surface area contributed by atoms with E-state index in [1.807, 2.05) is 0 Å². The summed E-state index contributed by atoms with van der Waals surface area (Å²) in [6.07, 6.45) is 2.30. The number of fused-ring (bicyclic) bond motifs is 1. The third-order valence-corrected chi connectivity index (χ3v) is 22.9. The normalized spacial score (nSPS) is 22.1. The molecule has 12 nitrogen and oxygen atoms in total. The lowest BCUT2D eigenvalue weighted by molar-refractivity contribution is -0.120. The van der Waals surface area contributed by atoms with E-state index >= 15 is 0 Å². The van der Waals surface area contributed by atoms with Gasteiger partial charge in [-0.15, -0.1) is 0 Å². The molecular formula is C83H106O12. The van der Waals surface area contributed by atoms with Gasteiger partial charge in [-0.2, -0.15) is 0 Å².